The predicted octanol–water partition coefficient (Wildman–Crippen LogP) is 4.88. The SMILES string of the molecule is O=C(Nc1ccccc1-c1cn2ccsc2n1)c1ccc([N+](=O)[O-])cc1Cl. The summed E-state index contributed by atoms with van der Waals surface area (Å²) in [5.74, 6) is -0.455. The van der Waals surface area contributed by atoms with Crippen molar-refractivity contribution in [1.82, 2.24) is 9.38 Å². The number of thiazole rings is 1. The molecule has 0 unspecified atom stereocenters. The van der Waals surface area contributed by atoms with E-state index >= 15 is 0 Å². The Morgan fingerprint density at radius 3 is 2.81 bits per heavy atom. The molecule has 4 aromatic rings. The Labute approximate surface area is 162 Å². The normalized spacial score (nSPS) is 10.9. The Morgan fingerprint density at radius 1 is 1.26 bits per heavy atom. The number of benzene rings is 2. The fourth-order valence-electron chi connectivity index (χ4n) is 2.66. The van der Waals surface area contributed by atoms with E-state index in [4.69, 9.17) is 11.6 Å². The smallest absolute Gasteiger partial charge is 0.270 e. The molecule has 0 radical (unpaired) electrons. The van der Waals surface area contributed by atoms with Gasteiger partial charge in [-0.3, -0.25) is 19.3 Å². The van der Waals surface area contributed by atoms with Crippen molar-refractivity contribution in [3.8, 4) is 11.3 Å². The number of fused-ring (bicyclic) bond motifs is 1. The number of nitrogens with one attached hydrogen (secondary N) is 1. The zero-order valence-corrected chi connectivity index (χ0v) is 15.2. The van der Waals surface area contributed by atoms with E-state index in [2.05, 4.69) is 10.3 Å². The number of para-hydroxylation sites is 1. The largest absolute Gasteiger partial charge is 0.321 e. The number of rotatable bonds is 4. The third kappa shape index (κ3) is 3.27. The lowest BCUT2D eigenvalue weighted by Gasteiger charge is -2.10. The fourth-order valence-corrected chi connectivity index (χ4v) is 3.62. The second-order valence-electron chi connectivity index (χ2n) is 5.64. The average Bonchev–Trinajstić information content (AvgIpc) is 3.23. The van der Waals surface area contributed by atoms with Gasteiger partial charge < -0.3 is 5.32 Å². The monoisotopic (exact) mass is 398 g/mol. The zero-order valence-electron chi connectivity index (χ0n) is 13.6. The summed E-state index contributed by atoms with van der Waals surface area (Å²) >= 11 is 7.57. The number of halogens is 1. The number of hydrogen-bond acceptors (Lipinski definition) is 5. The first-order valence-corrected chi connectivity index (χ1v) is 9.05. The molecule has 2 heterocycles. The molecule has 2 aromatic carbocycles. The van der Waals surface area contributed by atoms with Crippen LogP contribution in [-0.2, 0) is 0 Å². The lowest BCUT2D eigenvalue weighted by atomic mass is 10.1. The molecule has 27 heavy (non-hydrogen) atoms. The Bertz CT molecular complexity index is 1160. The summed E-state index contributed by atoms with van der Waals surface area (Å²) in [6, 6.07) is 11.0. The molecular formula is C18H11ClN4O3S. The van der Waals surface area contributed by atoms with Crippen molar-refractivity contribution < 1.29 is 9.72 Å². The maximum Gasteiger partial charge on any atom is 0.270 e. The van der Waals surface area contributed by atoms with E-state index < -0.39 is 10.8 Å². The topological polar surface area (TPSA) is 89.5 Å². The molecule has 0 fully saturated rings. The standard InChI is InChI=1S/C18H11ClN4O3S/c19-14-9-11(23(25)26)5-6-12(14)17(24)20-15-4-2-1-3-13(15)16-10-22-7-8-27-18(22)21-16/h1-10H,(H,20,24). The van der Waals surface area contributed by atoms with Crippen LogP contribution < -0.4 is 5.32 Å². The first-order chi connectivity index (χ1) is 13.0. The van der Waals surface area contributed by atoms with Crippen LogP contribution in [0, 0.1) is 10.1 Å². The van der Waals surface area contributed by atoms with Crippen LogP contribution in [0.2, 0.25) is 5.02 Å². The van der Waals surface area contributed by atoms with Gasteiger partial charge in [0.15, 0.2) is 4.96 Å². The zero-order chi connectivity index (χ0) is 19.0. The van der Waals surface area contributed by atoms with Crippen molar-refractivity contribution in [1.29, 1.82) is 0 Å². The number of nitro benzene ring substituents is 1. The molecule has 7 nitrogen and oxygen atoms in total. The molecular weight excluding hydrogens is 388 g/mol. The van der Waals surface area contributed by atoms with Crippen LogP contribution in [0.5, 0.6) is 0 Å². The number of carbonyl (C=O) groups excluding carboxylic acids is 1. The van der Waals surface area contributed by atoms with Gasteiger partial charge in [0.05, 0.1) is 26.9 Å². The van der Waals surface area contributed by atoms with Crippen molar-refractivity contribution in [2.45, 2.75) is 0 Å². The molecule has 0 aliphatic heterocycles. The van der Waals surface area contributed by atoms with Crippen molar-refractivity contribution in [3.05, 3.63) is 80.9 Å². The number of aromatic nitrogens is 2. The summed E-state index contributed by atoms with van der Waals surface area (Å²) in [5, 5.41) is 15.6. The average molecular weight is 399 g/mol. The summed E-state index contributed by atoms with van der Waals surface area (Å²) in [6.45, 7) is 0. The number of amides is 1. The number of nitro groups is 1. The summed E-state index contributed by atoms with van der Waals surface area (Å²) < 4.78 is 1.91. The van der Waals surface area contributed by atoms with Gasteiger partial charge in [-0.15, -0.1) is 11.3 Å². The van der Waals surface area contributed by atoms with E-state index in [0.717, 1.165) is 22.3 Å². The molecule has 0 bridgehead atoms. The Hall–Kier alpha value is -3.23. The first kappa shape index (κ1) is 17.2. The van der Waals surface area contributed by atoms with Gasteiger partial charge in [-0.25, -0.2) is 4.98 Å². The summed E-state index contributed by atoms with van der Waals surface area (Å²) in [5.41, 5.74) is 2.05. The van der Waals surface area contributed by atoms with E-state index in [1.54, 1.807) is 12.1 Å². The minimum atomic E-state index is -0.562. The van der Waals surface area contributed by atoms with E-state index in [-0.39, 0.29) is 16.3 Å². The predicted molar refractivity (Wildman–Crippen MR) is 105 cm³/mol. The first-order valence-electron chi connectivity index (χ1n) is 7.80. The number of non-ortho nitro benzene ring substituents is 1. The van der Waals surface area contributed by atoms with Crippen LogP contribution in [0.25, 0.3) is 16.2 Å². The third-order valence-electron chi connectivity index (χ3n) is 3.95. The Kier molecular flexibility index (Phi) is 4.35. The molecule has 9 heteroatoms. The highest BCUT2D eigenvalue weighted by Gasteiger charge is 2.17. The van der Waals surface area contributed by atoms with Crippen molar-refractivity contribution in [2.24, 2.45) is 0 Å². The number of anilines is 1. The molecule has 2 aromatic heterocycles. The van der Waals surface area contributed by atoms with Gasteiger partial charge in [0, 0.05) is 35.5 Å². The fraction of sp³-hybridized carbons (Fsp3) is 0. The molecule has 0 aliphatic carbocycles. The quantitative estimate of drug-likeness (QED) is 0.392. The van der Waals surface area contributed by atoms with Gasteiger partial charge in [-0.05, 0) is 12.1 Å². The second kappa shape index (κ2) is 6.82. The summed E-state index contributed by atoms with van der Waals surface area (Å²) in [4.78, 5) is 28.3. The molecule has 0 saturated heterocycles. The highest BCUT2D eigenvalue weighted by atomic mass is 35.5. The van der Waals surface area contributed by atoms with Crippen LogP contribution in [0.4, 0.5) is 11.4 Å². The van der Waals surface area contributed by atoms with Crippen LogP contribution in [0.15, 0.2) is 60.2 Å². The van der Waals surface area contributed by atoms with Gasteiger partial charge in [0.25, 0.3) is 11.6 Å². The maximum absolute atomic E-state index is 12.6. The van der Waals surface area contributed by atoms with Gasteiger partial charge in [0.2, 0.25) is 0 Å². The summed E-state index contributed by atoms with van der Waals surface area (Å²) in [7, 11) is 0. The Balaban J connectivity index is 1.66. The molecule has 0 atom stereocenters. The van der Waals surface area contributed by atoms with Crippen molar-refractivity contribution in [2.75, 3.05) is 5.32 Å². The van der Waals surface area contributed by atoms with Crippen LogP contribution >= 0.6 is 22.9 Å². The van der Waals surface area contributed by atoms with E-state index in [1.807, 2.05) is 34.3 Å². The van der Waals surface area contributed by atoms with Crippen LogP contribution in [0.3, 0.4) is 0 Å². The van der Waals surface area contributed by atoms with Gasteiger partial charge in [0.1, 0.15) is 0 Å². The third-order valence-corrected chi connectivity index (χ3v) is 5.04. The van der Waals surface area contributed by atoms with E-state index in [9.17, 15) is 14.9 Å². The molecule has 1 N–H and O–H groups in total. The minimum absolute atomic E-state index is 0.0155. The van der Waals surface area contributed by atoms with Gasteiger partial charge >= 0.3 is 0 Å². The van der Waals surface area contributed by atoms with Crippen molar-refractivity contribution in [3.63, 3.8) is 0 Å². The molecule has 4 rings (SSSR count). The minimum Gasteiger partial charge on any atom is -0.321 e. The van der Waals surface area contributed by atoms with E-state index in [0.29, 0.717) is 5.69 Å². The summed E-state index contributed by atoms with van der Waals surface area (Å²) in [6.07, 6.45) is 3.80. The molecule has 0 spiro atoms. The highest BCUT2D eigenvalue weighted by Crippen LogP contribution is 2.30. The molecule has 1 amide bonds. The lowest BCUT2D eigenvalue weighted by Crippen LogP contribution is -2.13. The number of nitrogens with zero attached hydrogens (tertiary/aromatic N) is 3. The maximum atomic E-state index is 12.6. The van der Waals surface area contributed by atoms with Crippen molar-refractivity contribution >= 4 is 45.2 Å². The van der Waals surface area contributed by atoms with Gasteiger partial charge in [-0.2, -0.15) is 0 Å². The van der Waals surface area contributed by atoms with Crippen LogP contribution in [-0.4, -0.2) is 20.2 Å². The number of imidazole rings is 1. The highest BCUT2D eigenvalue weighted by molar-refractivity contribution is 7.15. The number of carbonyl (C=O) groups is 1. The Morgan fingerprint density at radius 2 is 2.07 bits per heavy atom. The van der Waals surface area contributed by atoms with Gasteiger partial charge in [-0.1, -0.05) is 29.8 Å². The van der Waals surface area contributed by atoms with E-state index in [1.165, 1.54) is 23.5 Å². The lowest BCUT2D eigenvalue weighted by molar-refractivity contribution is -0.384. The molecule has 134 valence electrons. The molecule has 0 aliphatic rings. The molecule has 0 saturated carbocycles. The van der Waals surface area contributed by atoms with Crippen LogP contribution in [0.1, 0.15) is 10.4 Å². The number of hydrogen-bond donors (Lipinski definition) is 1. The second-order valence-corrected chi connectivity index (χ2v) is 6.92.